The molecule has 3 rings (SSSR count). The van der Waals surface area contributed by atoms with Crippen molar-refractivity contribution in [2.45, 2.75) is 32.7 Å². The van der Waals surface area contributed by atoms with Gasteiger partial charge in [0.25, 0.3) is 0 Å². The van der Waals surface area contributed by atoms with E-state index in [0.29, 0.717) is 36.2 Å². The van der Waals surface area contributed by atoms with Gasteiger partial charge in [0.05, 0.1) is 19.8 Å². The molecule has 30 heavy (non-hydrogen) atoms. The first kappa shape index (κ1) is 22.5. The van der Waals surface area contributed by atoms with Gasteiger partial charge < -0.3 is 19.9 Å². The number of hydrogen-bond acceptors (Lipinski definition) is 6. The van der Waals surface area contributed by atoms with Crippen LogP contribution in [0.3, 0.4) is 0 Å². The number of aliphatic imine (C=N–C) groups is 1. The maximum atomic E-state index is 5.93. The molecule has 0 radical (unpaired) electrons. The Labute approximate surface area is 183 Å². The first-order valence-electron chi connectivity index (χ1n) is 10.4. The molecule has 2 heterocycles. The van der Waals surface area contributed by atoms with E-state index >= 15 is 0 Å². The molecule has 1 saturated heterocycles. The summed E-state index contributed by atoms with van der Waals surface area (Å²) in [7, 11) is 0. The largest absolute Gasteiger partial charge is 0.379 e. The molecule has 1 aliphatic rings. The number of nitrogens with one attached hydrogen (secondary N) is 2. The summed E-state index contributed by atoms with van der Waals surface area (Å²) in [5.74, 6) is 1.93. The van der Waals surface area contributed by atoms with Gasteiger partial charge in [-0.05, 0) is 45.0 Å². The summed E-state index contributed by atoms with van der Waals surface area (Å²) in [5, 5.41) is 11.4. The molecule has 1 fully saturated rings. The minimum absolute atomic E-state index is 0.0217. The second-order valence-corrected chi connectivity index (χ2v) is 8.24. The Morgan fingerprint density at radius 2 is 1.93 bits per heavy atom. The number of guanidine groups is 1. The lowest BCUT2D eigenvalue weighted by molar-refractivity contribution is -0.00683. The highest BCUT2D eigenvalue weighted by Gasteiger charge is 2.28. The van der Waals surface area contributed by atoms with Gasteiger partial charge in [-0.2, -0.15) is 4.98 Å². The minimum Gasteiger partial charge on any atom is -0.379 e. The van der Waals surface area contributed by atoms with Gasteiger partial charge in [-0.3, -0.25) is 9.89 Å². The third kappa shape index (κ3) is 6.42. The number of benzene rings is 1. The molecule has 1 aromatic heterocycles. The van der Waals surface area contributed by atoms with Crippen LogP contribution in [0.1, 0.15) is 26.7 Å². The first-order valence-corrected chi connectivity index (χ1v) is 10.8. The summed E-state index contributed by atoms with van der Waals surface area (Å²) in [4.78, 5) is 11.7. The predicted octanol–water partition coefficient (Wildman–Crippen LogP) is 2.60. The maximum absolute atomic E-state index is 5.93. The van der Waals surface area contributed by atoms with Crippen LogP contribution in [0.2, 0.25) is 5.02 Å². The van der Waals surface area contributed by atoms with E-state index in [9.17, 15) is 0 Å². The third-order valence-corrected chi connectivity index (χ3v) is 5.29. The fourth-order valence-electron chi connectivity index (χ4n) is 3.24. The molecule has 9 heteroatoms. The van der Waals surface area contributed by atoms with Gasteiger partial charge in [0.1, 0.15) is 0 Å². The monoisotopic (exact) mass is 434 g/mol. The van der Waals surface area contributed by atoms with E-state index in [1.807, 2.05) is 24.3 Å². The van der Waals surface area contributed by atoms with Gasteiger partial charge >= 0.3 is 0 Å². The van der Waals surface area contributed by atoms with Gasteiger partial charge in [-0.1, -0.05) is 16.8 Å². The third-order valence-electron chi connectivity index (χ3n) is 5.04. The van der Waals surface area contributed by atoms with Crippen LogP contribution in [0, 0.1) is 0 Å². The normalized spacial score (nSPS) is 15.9. The number of halogens is 1. The Balaban J connectivity index is 1.52. The van der Waals surface area contributed by atoms with Crippen molar-refractivity contribution >= 4 is 17.6 Å². The second-order valence-electron chi connectivity index (χ2n) is 7.80. The average molecular weight is 435 g/mol. The summed E-state index contributed by atoms with van der Waals surface area (Å²) in [6.45, 7) is 12.1. The van der Waals surface area contributed by atoms with Crippen LogP contribution in [0.15, 0.2) is 33.8 Å². The number of rotatable bonds is 8. The van der Waals surface area contributed by atoms with E-state index in [4.69, 9.17) is 25.9 Å². The van der Waals surface area contributed by atoms with Crippen molar-refractivity contribution in [1.29, 1.82) is 0 Å². The quantitative estimate of drug-likeness (QED) is 0.487. The molecule has 0 atom stereocenters. The lowest BCUT2D eigenvalue weighted by atomic mass is 10.0. The van der Waals surface area contributed by atoms with Crippen LogP contribution >= 0.6 is 11.6 Å². The minimum atomic E-state index is -0.0217. The molecule has 164 valence electrons. The number of aromatic nitrogens is 2. The van der Waals surface area contributed by atoms with E-state index < -0.39 is 0 Å². The van der Waals surface area contributed by atoms with Crippen molar-refractivity contribution in [2.24, 2.45) is 4.99 Å². The second kappa shape index (κ2) is 10.7. The standard InChI is InChI=1S/C21H31ClN6O2/c1-4-23-20(25-15-21(2,3)28-11-13-29-14-12-28)24-10-9-18-26-19(27-30-18)16-5-7-17(22)8-6-16/h5-8H,4,9-15H2,1-3H3,(H2,23,24,25). The topological polar surface area (TPSA) is 87.8 Å². The Morgan fingerprint density at radius 3 is 2.63 bits per heavy atom. The van der Waals surface area contributed by atoms with Crippen molar-refractivity contribution in [3.63, 3.8) is 0 Å². The van der Waals surface area contributed by atoms with Crippen LogP contribution < -0.4 is 10.6 Å². The maximum Gasteiger partial charge on any atom is 0.228 e. The Bertz CT molecular complexity index is 815. The van der Waals surface area contributed by atoms with Crippen molar-refractivity contribution in [2.75, 3.05) is 45.9 Å². The van der Waals surface area contributed by atoms with Crippen molar-refractivity contribution in [3.05, 3.63) is 35.2 Å². The Hall–Kier alpha value is -2.16. The Morgan fingerprint density at radius 1 is 1.20 bits per heavy atom. The zero-order valence-corrected chi connectivity index (χ0v) is 18.7. The molecule has 0 saturated carbocycles. The van der Waals surface area contributed by atoms with Crippen molar-refractivity contribution < 1.29 is 9.26 Å². The van der Waals surface area contributed by atoms with Crippen LogP contribution in [-0.4, -0.2) is 72.5 Å². The van der Waals surface area contributed by atoms with E-state index in [0.717, 1.165) is 44.4 Å². The number of nitrogens with zero attached hydrogens (tertiary/aromatic N) is 4. The average Bonchev–Trinajstić information content (AvgIpc) is 3.22. The summed E-state index contributed by atoms with van der Waals surface area (Å²) in [6, 6.07) is 7.38. The van der Waals surface area contributed by atoms with Gasteiger partial charge in [-0.25, -0.2) is 0 Å². The highest BCUT2D eigenvalue weighted by atomic mass is 35.5. The molecule has 2 N–H and O–H groups in total. The van der Waals surface area contributed by atoms with Gasteiger partial charge in [-0.15, -0.1) is 0 Å². The van der Waals surface area contributed by atoms with E-state index in [-0.39, 0.29) is 5.54 Å². The lowest BCUT2D eigenvalue weighted by Crippen LogP contribution is -2.52. The fourth-order valence-corrected chi connectivity index (χ4v) is 3.37. The van der Waals surface area contributed by atoms with Gasteiger partial charge in [0.2, 0.25) is 11.7 Å². The highest BCUT2D eigenvalue weighted by Crippen LogP contribution is 2.19. The first-order chi connectivity index (χ1) is 14.5. The zero-order chi connectivity index (χ0) is 21.4. The van der Waals surface area contributed by atoms with E-state index in [1.54, 1.807) is 0 Å². The van der Waals surface area contributed by atoms with Crippen LogP contribution in [0.5, 0.6) is 0 Å². The number of morpholine rings is 1. The molecule has 0 amide bonds. The summed E-state index contributed by atoms with van der Waals surface area (Å²) in [6.07, 6.45) is 0.609. The van der Waals surface area contributed by atoms with E-state index in [2.05, 4.69) is 46.4 Å². The molecular formula is C21H31ClN6O2. The predicted molar refractivity (Wildman–Crippen MR) is 119 cm³/mol. The fraction of sp³-hybridized carbons (Fsp3) is 0.571. The molecule has 2 aromatic rings. The molecule has 1 aliphatic heterocycles. The molecule has 0 aliphatic carbocycles. The van der Waals surface area contributed by atoms with Gasteiger partial charge in [0.15, 0.2) is 5.96 Å². The number of ether oxygens (including phenoxy) is 1. The number of hydrogen-bond donors (Lipinski definition) is 2. The molecule has 0 bridgehead atoms. The van der Waals surface area contributed by atoms with Crippen molar-refractivity contribution in [1.82, 2.24) is 25.7 Å². The zero-order valence-electron chi connectivity index (χ0n) is 17.9. The smallest absolute Gasteiger partial charge is 0.228 e. The SMILES string of the molecule is CCNC(=NCC(C)(C)N1CCOCC1)NCCc1nc(-c2ccc(Cl)cc2)no1. The van der Waals surface area contributed by atoms with Crippen LogP contribution in [0.25, 0.3) is 11.4 Å². The van der Waals surface area contributed by atoms with E-state index in [1.165, 1.54) is 0 Å². The lowest BCUT2D eigenvalue weighted by Gasteiger charge is -2.39. The molecular weight excluding hydrogens is 404 g/mol. The summed E-state index contributed by atoms with van der Waals surface area (Å²) >= 11 is 5.93. The van der Waals surface area contributed by atoms with Crippen LogP contribution in [-0.2, 0) is 11.2 Å². The van der Waals surface area contributed by atoms with Crippen molar-refractivity contribution in [3.8, 4) is 11.4 Å². The summed E-state index contributed by atoms with van der Waals surface area (Å²) in [5.41, 5.74) is 0.856. The summed E-state index contributed by atoms with van der Waals surface area (Å²) < 4.78 is 10.8. The molecule has 1 aromatic carbocycles. The Kier molecular flexibility index (Phi) is 8.07. The molecule has 0 spiro atoms. The highest BCUT2D eigenvalue weighted by molar-refractivity contribution is 6.30. The van der Waals surface area contributed by atoms with Crippen LogP contribution in [0.4, 0.5) is 0 Å². The molecule has 8 nitrogen and oxygen atoms in total. The van der Waals surface area contributed by atoms with Gasteiger partial charge in [0, 0.05) is 48.7 Å². The molecule has 0 unspecified atom stereocenters.